The number of carbonyl (C=O) groups is 1. The molecule has 0 aliphatic carbocycles. The second-order valence-electron chi connectivity index (χ2n) is 7.35. The zero-order valence-electron chi connectivity index (χ0n) is 17.4. The Morgan fingerprint density at radius 2 is 2.07 bits per heavy atom. The summed E-state index contributed by atoms with van der Waals surface area (Å²) in [6.07, 6.45) is 3.51. The molecule has 0 saturated carbocycles. The van der Waals surface area contributed by atoms with Crippen molar-refractivity contribution in [1.82, 2.24) is 19.9 Å². The summed E-state index contributed by atoms with van der Waals surface area (Å²) in [5, 5.41) is 0.426. The number of nitrogens with one attached hydrogen (secondary N) is 1. The number of aromatic nitrogens is 3. The molecule has 1 N–H and O–H groups in total. The molecule has 0 aliphatic rings. The average Bonchev–Trinajstić information content (AvgIpc) is 2.98. The van der Waals surface area contributed by atoms with Crippen LogP contribution >= 0.6 is 23.1 Å². The molecule has 1 amide bonds. The van der Waals surface area contributed by atoms with Gasteiger partial charge in [0.2, 0.25) is 5.91 Å². The molecule has 3 rings (SSSR count). The molecule has 0 radical (unpaired) electrons. The van der Waals surface area contributed by atoms with Gasteiger partial charge in [0.25, 0.3) is 5.56 Å². The van der Waals surface area contributed by atoms with Gasteiger partial charge in [0.15, 0.2) is 0 Å². The highest BCUT2D eigenvalue weighted by atomic mass is 32.2. The van der Waals surface area contributed by atoms with Gasteiger partial charge in [-0.25, -0.2) is 4.98 Å². The number of thiophene rings is 1. The van der Waals surface area contributed by atoms with E-state index in [0.29, 0.717) is 23.5 Å². The quantitative estimate of drug-likeness (QED) is 0.612. The fraction of sp³-hybridized carbons (Fsp3) is 0.429. The van der Waals surface area contributed by atoms with Crippen molar-refractivity contribution in [1.29, 1.82) is 0 Å². The van der Waals surface area contributed by atoms with Crippen LogP contribution in [0, 0.1) is 13.8 Å². The van der Waals surface area contributed by atoms with Gasteiger partial charge in [-0.1, -0.05) is 6.07 Å². The van der Waals surface area contributed by atoms with Gasteiger partial charge in [-0.3, -0.25) is 14.6 Å². The first-order valence-corrected chi connectivity index (χ1v) is 11.4. The molecule has 0 bridgehead atoms. The second-order valence-corrected chi connectivity index (χ2v) is 9.88. The van der Waals surface area contributed by atoms with E-state index in [1.165, 1.54) is 23.1 Å². The lowest BCUT2D eigenvalue weighted by Crippen LogP contribution is -2.40. The van der Waals surface area contributed by atoms with Crippen LogP contribution in [-0.2, 0) is 17.1 Å². The van der Waals surface area contributed by atoms with Crippen LogP contribution < -0.4 is 5.56 Å². The van der Waals surface area contributed by atoms with Gasteiger partial charge >= 0.3 is 0 Å². The highest BCUT2D eigenvalue weighted by Gasteiger charge is 2.24. The number of carbonyl (C=O) groups excluding carboxylic acids is 1. The summed E-state index contributed by atoms with van der Waals surface area (Å²) >= 11 is 3.02. The van der Waals surface area contributed by atoms with E-state index >= 15 is 0 Å². The number of amides is 1. The Morgan fingerprint density at radius 3 is 2.72 bits per heavy atom. The minimum Gasteiger partial charge on any atom is -0.335 e. The lowest BCUT2D eigenvalue weighted by atomic mass is 10.2. The Hall–Kier alpha value is -2.19. The van der Waals surface area contributed by atoms with Gasteiger partial charge in [0, 0.05) is 29.9 Å². The van der Waals surface area contributed by atoms with Gasteiger partial charge in [-0.15, -0.1) is 23.1 Å². The van der Waals surface area contributed by atoms with E-state index in [1.54, 1.807) is 12.4 Å². The van der Waals surface area contributed by atoms with Crippen LogP contribution in [0.25, 0.3) is 10.2 Å². The van der Waals surface area contributed by atoms with E-state index in [0.717, 1.165) is 20.8 Å². The van der Waals surface area contributed by atoms with Crippen LogP contribution in [0.4, 0.5) is 0 Å². The molecule has 154 valence electrons. The molecule has 0 spiro atoms. The van der Waals surface area contributed by atoms with E-state index < -0.39 is 0 Å². The number of aromatic amines is 1. The van der Waals surface area contributed by atoms with Crippen molar-refractivity contribution in [2.75, 3.05) is 0 Å². The van der Waals surface area contributed by atoms with E-state index in [2.05, 4.69) is 15.0 Å². The summed E-state index contributed by atoms with van der Waals surface area (Å²) in [6, 6.07) is 3.93. The number of pyridine rings is 1. The highest BCUT2D eigenvalue weighted by molar-refractivity contribution is 7.99. The molecule has 1 unspecified atom stereocenters. The van der Waals surface area contributed by atoms with E-state index in [-0.39, 0.29) is 22.8 Å². The fourth-order valence-electron chi connectivity index (χ4n) is 3.08. The number of rotatable bonds is 7. The van der Waals surface area contributed by atoms with Gasteiger partial charge in [-0.2, -0.15) is 0 Å². The third-order valence-corrected chi connectivity index (χ3v) is 7.13. The Morgan fingerprint density at radius 1 is 1.31 bits per heavy atom. The molecule has 0 saturated heterocycles. The van der Waals surface area contributed by atoms with Crippen molar-refractivity contribution >= 4 is 39.2 Å². The SMILES string of the molecule is Cc1sc2nc(CSC(C)C(=O)N(Cc3cccnc3)C(C)C)[nH]c(=O)c2c1C. The first-order valence-electron chi connectivity index (χ1n) is 9.57. The van der Waals surface area contributed by atoms with E-state index in [4.69, 9.17) is 0 Å². The molecule has 3 heterocycles. The summed E-state index contributed by atoms with van der Waals surface area (Å²) in [6.45, 7) is 10.4. The number of fused-ring (bicyclic) bond motifs is 1. The smallest absolute Gasteiger partial charge is 0.259 e. The maximum absolute atomic E-state index is 13.0. The molecule has 8 heteroatoms. The molecule has 29 heavy (non-hydrogen) atoms. The summed E-state index contributed by atoms with van der Waals surface area (Å²) in [4.78, 5) is 40.8. The normalized spacial score (nSPS) is 12.5. The lowest BCUT2D eigenvalue weighted by Gasteiger charge is -2.29. The molecular formula is C21H26N4O2S2. The highest BCUT2D eigenvalue weighted by Crippen LogP contribution is 2.27. The van der Waals surface area contributed by atoms with Crippen LogP contribution in [0.2, 0.25) is 0 Å². The number of nitrogens with zero attached hydrogens (tertiary/aromatic N) is 3. The molecule has 3 aromatic rings. The molecular weight excluding hydrogens is 404 g/mol. The van der Waals surface area contributed by atoms with Crippen LogP contribution in [0.15, 0.2) is 29.3 Å². The zero-order valence-corrected chi connectivity index (χ0v) is 19.0. The monoisotopic (exact) mass is 430 g/mol. The molecule has 3 aromatic heterocycles. The molecule has 1 atom stereocenters. The molecule has 0 fully saturated rings. The van der Waals surface area contributed by atoms with Gasteiger partial charge in [0.1, 0.15) is 10.7 Å². The maximum atomic E-state index is 13.0. The zero-order chi connectivity index (χ0) is 21.1. The predicted octanol–water partition coefficient (Wildman–Crippen LogP) is 4.06. The lowest BCUT2D eigenvalue weighted by molar-refractivity contribution is -0.132. The summed E-state index contributed by atoms with van der Waals surface area (Å²) in [7, 11) is 0. The van der Waals surface area contributed by atoms with Crippen molar-refractivity contribution in [2.24, 2.45) is 0 Å². The average molecular weight is 431 g/mol. The molecule has 0 aromatic carbocycles. The summed E-state index contributed by atoms with van der Waals surface area (Å²) in [5.41, 5.74) is 1.89. The topological polar surface area (TPSA) is 79.0 Å². The van der Waals surface area contributed by atoms with Crippen molar-refractivity contribution in [3.05, 3.63) is 56.7 Å². The minimum absolute atomic E-state index is 0.0695. The van der Waals surface area contributed by atoms with Crippen LogP contribution in [0.3, 0.4) is 0 Å². The standard InChI is InChI=1S/C21H26N4O2S2/c1-12(2)25(10-16-7-6-8-22-9-16)21(27)15(5)28-11-17-23-19(26)18-13(3)14(4)29-20(18)24-17/h6-9,12,15H,10-11H2,1-5H3,(H,23,24,26). The first kappa shape index (κ1) is 21.5. The second kappa shape index (κ2) is 9.09. The predicted molar refractivity (Wildman–Crippen MR) is 120 cm³/mol. The molecule has 0 aliphatic heterocycles. The van der Waals surface area contributed by atoms with E-state index in [9.17, 15) is 9.59 Å². The summed E-state index contributed by atoms with van der Waals surface area (Å²) in [5.74, 6) is 1.16. The third kappa shape index (κ3) is 4.87. The fourth-order valence-corrected chi connectivity index (χ4v) is 4.95. The van der Waals surface area contributed by atoms with Crippen LogP contribution in [0.5, 0.6) is 0 Å². The van der Waals surface area contributed by atoms with Gasteiger partial charge in [-0.05, 0) is 51.8 Å². The van der Waals surface area contributed by atoms with Crippen molar-refractivity contribution < 1.29 is 4.79 Å². The van der Waals surface area contributed by atoms with Crippen molar-refractivity contribution in [2.45, 2.75) is 58.2 Å². The Labute approximate surface area is 178 Å². The van der Waals surface area contributed by atoms with Crippen molar-refractivity contribution in [3.8, 4) is 0 Å². The number of aryl methyl sites for hydroxylation is 2. The summed E-state index contributed by atoms with van der Waals surface area (Å²) < 4.78 is 0. The largest absolute Gasteiger partial charge is 0.335 e. The van der Waals surface area contributed by atoms with Crippen LogP contribution in [0.1, 0.15) is 42.6 Å². The maximum Gasteiger partial charge on any atom is 0.259 e. The van der Waals surface area contributed by atoms with Crippen molar-refractivity contribution in [3.63, 3.8) is 0 Å². The number of hydrogen-bond acceptors (Lipinski definition) is 6. The molecule has 6 nitrogen and oxygen atoms in total. The third-order valence-electron chi connectivity index (χ3n) is 4.89. The Bertz CT molecular complexity index is 1060. The number of H-pyrrole nitrogens is 1. The van der Waals surface area contributed by atoms with Gasteiger partial charge in [0.05, 0.1) is 16.4 Å². The minimum atomic E-state index is -0.248. The van der Waals surface area contributed by atoms with Crippen LogP contribution in [-0.4, -0.2) is 37.1 Å². The number of thioether (sulfide) groups is 1. The first-order chi connectivity index (χ1) is 13.8. The Kier molecular flexibility index (Phi) is 6.74. The van der Waals surface area contributed by atoms with Gasteiger partial charge < -0.3 is 9.88 Å². The number of hydrogen-bond donors (Lipinski definition) is 1. The van der Waals surface area contributed by atoms with E-state index in [1.807, 2.05) is 51.7 Å². The Balaban J connectivity index is 1.70.